The molecule has 0 rings (SSSR count). The van der Waals surface area contributed by atoms with Gasteiger partial charge in [0, 0.05) is 6.42 Å². The molecule has 5 nitrogen and oxygen atoms in total. The molecule has 0 aliphatic carbocycles. The molecule has 0 aromatic rings. The van der Waals surface area contributed by atoms with Gasteiger partial charge >= 0.3 is 67.8 Å². The van der Waals surface area contributed by atoms with Gasteiger partial charge in [0.25, 0.3) is 0 Å². The Hall–Kier alpha value is 0.756. The monoisotopic (exact) mass is 416 g/mol. The van der Waals surface area contributed by atoms with Gasteiger partial charge in [0.1, 0.15) is 0 Å². The number of unbranched alkanes of at least 4 members (excludes halogenated alkanes) is 11. The van der Waals surface area contributed by atoms with Crippen LogP contribution in [-0.4, -0.2) is 72.9 Å². The molecule has 150 valence electrons. The maximum absolute atomic E-state index is 11.3. The van der Waals surface area contributed by atoms with Gasteiger partial charge in [-0.25, -0.2) is 4.18 Å². The molecule has 0 saturated heterocycles. The Morgan fingerprint density at radius 3 is 1.77 bits per heavy atom. The van der Waals surface area contributed by atoms with E-state index in [1.807, 2.05) is 0 Å². The van der Waals surface area contributed by atoms with Crippen LogP contribution in [0.3, 0.4) is 0 Å². The number of carbonyl (C=O) groups is 1. The van der Waals surface area contributed by atoms with Gasteiger partial charge in [0.05, 0.1) is 7.11 Å². The zero-order chi connectivity index (χ0) is 18.8. The first-order valence-corrected chi connectivity index (χ1v) is 11.0. The molecule has 0 bridgehead atoms. The Labute approximate surface area is 203 Å². The average molecular weight is 417 g/mol. The zero-order valence-electron chi connectivity index (χ0n) is 16.0. The fourth-order valence-electron chi connectivity index (χ4n) is 2.53. The molecule has 26 heavy (non-hydrogen) atoms. The van der Waals surface area contributed by atoms with Crippen molar-refractivity contribution in [2.24, 2.45) is 0 Å². The first kappa shape index (κ1) is 29.0. The fraction of sp³-hybridized carbons (Fsp3) is 0.842. The summed E-state index contributed by atoms with van der Waals surface area (Å²) in [6.45, 7) is 2.24. The van der Waals surface area contributed by atoms with Gasteiger partial charge in [-0.3, -0.25) is 4.79 Å². The Morgan fingerprint density at radius 2 is 1.27 bits per heavy atom. The number of carbonyl (C=O) groups excluding carboxylic acids is 1. The predicted octanol–water partition coefficient (Wildman–Crippen LogP) is 4.81. The van der Waals surface area contributed by atoms with E-state index in [2.05, 4.69) is 27.4 Å². The second-order valence-corrected chi connectivity index (χ2v) is 7.68. The summed E-state index contributed by atoms with van der Waals surface area (Å²) in [5, 5.41) is 0. The third-order valence-corrected chi connectivity index (χ3v) is 4.84. The fourth-order valence-corrected chi connectivity index (χ4v) is 2.91. The Kier molecular flexibility index (Phi) is 22.8. The van der Waals surface area contributed by atoms with Gasteiger partial charge < -0.3 is 4.18 Å². The molecule has 0 saturated carbocycles. The zero-order valence-corrected chi connectivity index (χ0v) is 16.8. The third-order valence-electron chi connectivity index (χ3n) is 4.04. The second-order valence-electron chi connectivity index (χ2n) is 6.36. The summed E-state index contributed by atoms with van der Waals surface area (Å²) in [5.74, 6) is -0.750. The van der Waals surface area contributed by atoms with E-state index >= 15 is 0 Å². The Balaban J connectivity index is 0. The Bertz CT molecular complexity index is 449. The molecule has 0 spiro atoms. The first-order valence-electron chi connectivity index (χ1n) is 9.69. The van der Waals surface area contributed by atoms with Crippen molar-refractivity contribution < 1.29 is 21.6 Å². The standard InChI is InChI=1S/C19H36O5S.K.H/c1-3-4-5-6-7-8-9-10-11-12-13-14-15-16-17-18-19(20)24-25(21,22)23-2;;/h10-11H,3-9,12-18H2,1-2H3;;/b11-10-;;. The van der Waals surface area contributed by atoms with E-state index in [1.54, 1.807) is 0 Å². The van der Waals surface area contributed by atoms with Crippen molar-refractivity contribution >= 4 is 67.8 Å². The quantitative estimate of drug-likeness (QED) is 0.193. The topological polar surface area (TPSA) is 69.7 Å². The van der Waals surface area contributed by atoms with Crippen LogP contribution >= 0.6 is 0 Å². The molecule has 0 aliphatic heterocycles. The Morgan fingerprint density at radius 1 is 0.808 bits per heavy atom. The summed E-state index contributed by atoms with van der Waals surface area (Å²) in [6.07, 6.45) is 19.9. The number of hydrogen-bond donors (Lipinski definition) is 0. The van der Waals surface area contributed by atoms with Crippen molar-refractivity contribution in [2.45, 2.75) is 96.8 Å². The molecule has 0 unspecified atom stereocenters. The molecular weight excluding hydrogens is 379 g/mol. The average Bonchev–Trinajstić information content (AvgIpc) is 2.58. The molecule has 0 aliphatic rings. The van der Waals surface area contributed by atoms with Gasteiger partial charge in [-0.1, -0.05) is 70.4 Å². The molecule has 0 fully saturated rings. The summed E-state index contributed by atoms with van der Waals surface area (Å²) in [6, 6.07) is 0. The molecule has 0 amide bonds. The molecule has 0 aromatic carbocycles. The van der Waals surface area contributed by atoms with Gasteiger partial charge in [0.15, 0.2) is 0 Å². The van der Waals surface area contributed by atoms with Crippen LogP contribution in [0.4, 0.5) is 0 Å². The van der Waals surface area contributed by atoms with Crippen molar-refractivity contribution in [1.82, 2.24) is 0 Å². The van der Waals surface area contributed by atoms with E-state index in [0.29, 0.717) is 6.42 Å². The molecular formula is C19H37KO5S. The van der Waals surface area contributed by atoms with Crippen molar-refractivity contribution in [3.05, 3.63) is 12.2 Å². The van der Waals surface area contributed by atoms with Gasteiger partial charge in [-0.15, -0.1) is 0 Å². The summed E-state index contributed by atoms with van der Waals surface area (Å²) in [7, 11) is -3.18. The third kappa shape index (κ3) is 21.1. The van der Waals surface area contributed by atoms with Gasteiger partial charge in [-0.05, 0) is 32.1 Å². The normalized spacial score (nSPS) is 11.5. The van der Waals surface area contributed by atoms with Crippen LogP contribution in [0.2, 0.25) is 0 Å². The van der Waals surface area contributed by atoms with Crippen LogP contribution in [0.25, 0.3) is 0 Å². The van der Waals surface area contributed by atoms with E-state index in [-0.39, 0.29) is 57.8 Å². The maximum atomic E-state index is 11.3. The number of rotatable bonds is 17. The van der Waals surface area contributed by atoms with Gasteiger partial charge in [0.2, 0.25) is 0 Å². The van der Waals surface area contributed by atoms with Crippen LogP contribution in [-0.2, 0) is 23.6 Å². The van der Waals surface area contributed by atoms with Crippen LogP contribution in [0.5, 0.6) is 0 Å². The van der Waals surface area contributed by atoms with E-state index in [4.69, 9.17) is 0 Å². The SMILES string of the molecule is CCCCCCCC/C=C\CCCCCCCC(=O)OS(=O)(=O)OC.[KH]. The van der Waals surface area contributed by atoms with E-state index in [9.17, 15) is 13.2 Å². The summed E-state index contributed by atoms with van der Waals surface area (Å²) >= 11 is 0. The summed E-state index contributed by atoms with van der Waals surface area (Å²) in [4.78, 5) is 11.3. The molecule has 0 aromatic heterocycles. The van der Waals surface area contributed by atoms with Crippen molar-refractivity contribution in [2.75, 3.05) is 7.11 Å². The van der Waals surface area contributed by atoms with E-state index in [1.165, 1.54) is 44.9 Å². The molecule has 7 heteroatoms. The van der Waals surface area contributed by atoms with Crippen molar-refractivity contribution in [3.8, 4) is 0 Å². The molecule has 0 atom stereocenters. The van der Waals surface area contributed by atoms with Crippen molar-refractivity contribution in [3.63, 3.8) is 0 Å². The molecule has 0 radical (unpaired) electrons. The molecule has 0 N–H and O–H groups in total. The van der Waals surface area contributed by atoms with Crippen LogP contribution in [0.1, 0.15) is 96.8 Å². The van der Waals surface area contributed by atoms with E-state index in [0.717, 1.165) is 39.2 Å². The van der Waals surface area contributed by atoms with Gasteiger partial charge in [-0.2, -0.15) is 8.42 Å². The van der Waals surface area contributed by atoms with Crippen LogP contribution < -0.4 is 0 Å². The number of hydrogen-bond acceptors (Lipinski definition) is 5. The second kappa shape index (κ2) is 20.5. The first-order chi connectivity index (χ1) is 12.0. The molecule has 0 heterocycles. The summed E-state index contributed by atoms with van der Waals surface area (Å²) < 4.78 is 30.1. The minimum absolute atomic E-state index is 0. The van der Waals surface area contributed by atoms with E-state index < -0.39 is 16.4 Å². The summed E-state index contributed by atoms with van der Waals surface area (Å²) in [5.41, 5.74) is 0. The predicted molar refractivity (Wildman–Crippen MR) is 109 cm³/mol. The number of allylic oxidation sites excluding steroid dienone is 2. The van der Waals surface area contributed by atoms with Crippen LogP contribution in [0, 0.1) is 0 Å². The van der Waals surface area contributed by atoms with Crippen molar-refractivity contribution in [1.29, 1.82) is 0 Å². The van der Waals surface area contributed by atoms with Crippen LogP contribution in [0.15, 0.2) is 12.2 Å². The minimum atomic E-state index is -4.15.